The van der Waals surface area contributed by atoms with Gasteiger partial charge in [-0.3, -0.25) is 0 Å². The Balaban J connectivity index is 1.42. The minimum atomic E-state index is -2.42. The first-order valence-electron chi connectivity index (χ1n) is 16.3. The number of esters is 5. The largest absolute Gasteiger partial charge is 0.459 e. The normalized spacial score (nSPS) is 19.1. The molecule has 52 heavy (non-hydrogen) atoms. The minimum absolute atomic E-state index is 0.0878. The molecule has 11 heteroatoms. The van der Waals surface area contributed by atoms with Crippen LogP contribution >= 0.6 is 0 Å². The molecule has 1 fully saturated rings. The van der Waals surface area contributed by atoms with Crippen molar-refractivity contribution in [2.24, 2.45) is 0 Å². The maximum absolute atomic E-state index is 13.8. The maximum Gasteiger partial charge on any atom is 0.340 e. The van der Waals surface area contributed by atoms with Gasteiger partial charge in [0.25, 0.3) is 5.79 Å². The van der Waals surface area contributed by atoms with Gasteiger partial charge in [-0.2, -0.15) is 0 Å². The molecule has 0 amide bonds. The van der Waals surface area contributed by atoms with Gasteiger partial charge in [0.1, 0.15) is 12.7 Å². The first-order valence-corrected chi connectivity index (χ1v) is 16.3. The molecule has 0 N–H and O–H groups in total. The molecular formula is C41H32O11. The molecule has 0 bridgehead atoms. The summed E-state index contributed by atoms with van der Waals surface area (Å²) in [6.45, 7) is -1.38. The molecule has 0 aromatic heterocycles. The molecule has 11 nitrogen and oxygen atoms in total. The molecular weight excluding hydrogens is 668 g/mol. The van der Waals surface area contributed by atoms with Crippen molar-refractivity contribution in [2.75, 3.05) is 13.2 Å². The van der Waals surface area contributed by atoms with Gasteiger partial charge in [-0.15, -0.1) is 0 Å². The molecule has 5 aromatic rings. The van der Waals surface area contributed by atoms with E-state index < -0.39 is 67.2 Å². The Bertz CT molecular complexity index is 1990. The summed E-state index contributed by atoms with van der Waals surface area (Å²) in [6.07, 6.45) is -4.74. The van der Waals surface area contributed by atoms with Gasteiger partial charge in [-0.05, 0) is 60.7 Å². The number of benzene rings is 5. The molecule has 0 unspecified atom stereocenters. The highest BCUT2D eigenvalue weighted by Crippen LogP contribution is 2.39. The van der Waals surface area contributed by atoms with Crippen molar-refractivity contribution >= 4 is 29.8 Å². The van der Waals surface area contributed by atoms with Gasteiger partial charge in [0.2, 0.25) is 6.10 Å². The highest BCUT2D eigenvalue weighted by molar-refractivity contribution is 5.92. The number of carbonyl (C=O) groups is 5. The Morgan fingerprint density at radius 2 is 0.827 bits per heavy atom. The minimum Gasteiger partial charge on any atom is -0.459 e. The summed E-state index contributed by atoms with van der Waals surface area (Å²) in [6, 6.07) is 39.9. The molecule has 1 aliphatic heterocycles. The summed E-state index contributed by atoms with van der Waals surface area (Å²) < 4.78 is 35.6. The SMILES string of the molecule is O=C(OC[C@H]1O[C@](COC(=O)c2ccccc2)(OC(=O)c2ccccc2)[C@@H](OC(=O)c2ccccc2)[C@@H]1OC(=O)c1ccccc1)c1ccccc1. The average Bonchev–Trinajstić information content (AvgIpc) is 3.47. The Kier molecular flexibility index (Phi) is 11.1. The molecule has 262 valence electrons. The van der Waals surface area contributed by atoms with Gasteiger partial charge >= 0.3 is 29.8 Å². The first kappa shape index (κ1) is 35.2. The lowest BCUT2D eigenvalue weighted by Crippen LogP contribution is -2.53. The third-order valence-corrected chi connectivity index (χ3v) is 8.02. The zero-order chi connectivity index (χ0) is 36.3. The van der Waals surface area contributed by atoms with Crippen LogP contribution in [-0.4, -0.2) is 67.2 Å². The Morgan fingerprint density at radius 1 is 0.462 bits per heavy atom. The van der Waals surface area contributed by atoms with E-state index >= 15 is 0 Å². The van der Waals surface area contributed by atoms with Crippen molar-refractivity contribution in [3.63, 3.8) is 0 Å². The average molecular weight is 701 g/mol. The van der Waals surface area contributed by atoms with Crippen molar-refractivity contribution in [1.29, 1.82) is 0 Å². The fourth-order valence-corrected chi connectivity index (χ4v) is 5.44. The van der Waals surface area contributed by atoms with E-state index in [0.29, 0.717) is 0 Å². The van der Waals surface area contributed by atoms with Crippen LogP contribution in [0.25, 0.3) is 0 Å². The summed E-state index contributed by atoms with van der Waals surface area (Å²) in [7, 11) is 0. The van der Waals surface area contributed by atoms with E-state index in [0.717, 1.165) is 0 Å². The zero-order valence-corrected chi connectivity index (χ0v) is 27.6. The molecule has 5 aromatic carbocycles. The van der Waals surface area contributed by atoms with Crippen molar-refractivity contribution in [1.82, 2.24) is 0 Å². The van der Waals surface area contributed by atoms with Crippen LogP contribution in [0.15, 0.2) is 152 Å². The third-order valence-electron chi connectivity index (χ3n) is 8.02. The Labute approximate surface area is 298 Å². The predicted molar refractivity (Wildman–Crippen MR) is 184 cm³/mol. The number of hydrogen-bond donors (Lipinski definition) is 0. The molecule has 0 radical (unpaired) electrons. The van der Waals surface area contributed by atoms with E-state index in [9.17, 15) is 24.0 Å². The number of ether oxygens (including phenoxy) is 6. The van der Waals surface area contributed by atoms with Crippen molar-refractivity contribution in [3.8, 4) is 0 Å². The highest BCUT2D eigenvalue weighted by atomic mass is 16.8. The Hall–Kier alpha value is -6.59. The lowest BCUT2D eigenvalue weighted by Gasteiger charge is -2.33. The van der Waals surface area contributed by atoms with E-state index in [1.807, 2.05) is 0 Å². The summed E-state index contributed by atoms with van der Waals surface area (Å²) in [4.78, 5) is 67.4. The van der Waals surface area contributed by atoms with E-state index in [-0.39, 0.29) is 27.8 Å². The highest BCUT2D eigenvalue weighted by Gasteiger charge is 2.64. The second kappa shape index (κ2) is 16.4. The predicted octanol–water partition coefficient (Wildman–Crippen LogP) is 6.10. The maximum atomic E-state index is 13.8. The standard InChI is InChI=1S/C41H32O11/c42-36(28-16-6-1-7-17-28)47-26-33-34(49-38(44)30-20-10-3-11-21-30)35(50-39(45)31-22-12-4-13-23-31)41(51-33,52-40(46)32-24-14-5-15-25-32)27-48-37(43)29-18-8-2-9-19-29/h1-25,33-35H,26-27H2/t33-,34-,35+,41-/m1/s1. The quantitative estimate of drug-likeness (QED) is 0.110. The summed E-state index contributed by atoms with van der Waals surface area (Å²) in [5, 5.41) is 0. The molecule has 6 rings (SSSR count). The molecule has 0 aliphatic carbocycles. The van der Waals surface area contributed by atoms with Gasteiger partial charge in [0.15, 0.2) is 12.7 Å². The van der Waals surface area contributed by atoms with Gasteiger partial charge in [-0.1, -0.05) is 91.0 Å². The fourth-order valence-electron chi connectivity index (χ4n) is 5.44. The van der Waals surface area contributed by atoms with E-state index in [1.165, 1.54) is 48.5 Å². The van der Waals surface area contributed by atoms with Gasteiger partial charge < -0.3 is 28.4 Å². The summed E-state index contributed by atoms with van der Waals surface area (Å²) in [5.74, 6) is -6.65. The number of carbonyl (C=O) groups excluding carboxylic acids is 5. The van der Waals surface area contributed by atoms with Gasteiger partial charge in [0, 0.05) is 0 Å². The van der Waals surface area contributed by atoms with E-state index in [2.05, 4.69) is 0 Å². The Morgan fingerprint density at radius 3 is 1.27 bits per heavy atom. The summed E-state index contributed by atoms with van der Waals surface area (Å²) >= 11 is 0. The topological polar surface area (TPSA) is 141 Å². The van der Waals surface area contributed by atoms with Crippen LogP contribution in [0.4, 0.5) is 0 Å². The van der Waals surface area contributed by atoms with Crippen LogP contribution in [0, 0.1) is 0 Å². The van der Waals surface area contributed by atoms with Crippen molar-refractivity contribution in [3.05, 3.63) is 179 Å². The monoisotopic (exact) mass is 700 g/mol. The molecule has 1 heterocycles. The smallest absolute Gasteiger partial charge is 0.340 e. The fraction of sp³-hybridized carbons (Fsp3) is 0.146. The van der Waals surface area contributed by atoms with Crippen molar-refractivity contribution < 1.29 is 52.4 Å². The van der Waals surface area contributed by atoms with Crippen LogP contribution in [0.2, 0.25) is 0 Å². The number of rotatable bonds is 12. The van der Waals surface area contributed by atoms with Crippen LogP contribution in [0.5, 0.6) is 0 Å². The van der Waals surface area contributed by atoms with E-state index in [1.54, 1.807) is 103 Å². The zero-order valence-electron chi connectivity index (χ0n) is 27.6. The van der Waals surface area contributed by atoms with Gasteiger partial charge in [-0.25, -0.2) is 24.0 Å². The second-order valence-electron chi connectivity index (χ2n) is 11.6. The molecule has 1 aliphatic rings. The molecule has 0 spiro atoms. The van der Waals surface area contributed by atoms with Crippen LogP contribution < -0.4 is 0 Å². The first-order chi connectivity index (χ1) is 25.3. The van der Waals surface area contributed by atoms with Crippen LogP contribution in [0.1, 0.15) is 51.8 Å². The van der Waals surface area contributed by atoms with Crippen LogP contribution in [0.3, 0.4) is 0 Å². The lowest BCUT2D eigenvalue weighted by molar-refractivity contribution is -0.246. The third kappa shape index (κ3) is 8.40. The molecule has 1 saturated heterocycles. The summed E-state index contributed by atoms with van der Waals surface area (Å²) in [5.41, 5.74) is 0.737. The number of hydrogen-bond acceptors (Lipinski definition) is 11. The van der Waals surface area contributed by atoms with E-state index in [4.69, 9.17) is 28.4 Å². The van der Waals surface area contributed by atoms with Crippen molar-refractivity contribution in [2.45, 2.75) is 24.1 Å². The molecule has 4 atom stereocenters. The second-order valence-corrected chi connectivity index (χ2v) is 11.6. The molecule has 0 saturated carbocycles. The lowest BCUT2D eigenvalue weighted by atomic mass is 10.0. The van der Waals surface area contributed by atoms with Gasteiger partial charge in [0.05, 0.1) is 27.8 Å². The van der Waals surface area contributed by atoms with Crippen LogP contribution in [-0.2, 0) is 28.4 Å².